The quantitative estimate of drug-likeness (QED) is 0.751. The molecule has 1 aromatic carbocycles. The van der Waals surface area contributed by atoms with Crippen molar-refractivity contribution in [2.45, 2.75) is 33.1 Å². The van der Waals surface area contributed by atoms with Gasteiger partial charge in [-0.15, -0.1) is 0 Å². The van der Waals surface area contributed by atoms with Crippen molar-refractivity contribution < 1.29 is 9.90 Å². The van der Waals surface area contributed by atoms with Crippen LogP contribution in [-0.4, -0.2) is 22.9 Å². The lowest BCUT2D eigenvalue weighted by Gasteiger charge is -2.16. The molecule has 0 aliphatic heterocycles. The number of aryl methyl sites for hydroxylation is 1. The second kappa shape index (κ2) is 8.20. The summed E-state index contributed by atoms with van der Waals surface area (Å²) in [6.07, 6.45) is 3.33. The number of phenols is 1. The van der Waals surface area contributed by atoms with Gasteiger partial charge in [-0.2, -0.15) is 0 Å². The van der Waals surface area contributed by atoms with E-state index in [0.717, 1.165) is 30.2 Å². The lowest BCUT2D eigenvalue weighted by molar-refractivity contribution is 0.0945. The number of alkyl halides is 1. The molecule has 0 heterocycles. The van der Waals surface area contributed by atoms with Crippen LogP contribution in [0.25, 0.3) is 0 Å². The van der Waals surface area contributed by atoms with Crippen LogP contribution in [0, 0.1) is 12.8 Å². The topological polar surface area (TPSA) is 49.3 Å². The Balaban J connectivity index is 2.58. The van der Waals surface area contributed by atoms with Crippen molar-refractivity contribution in [1.82, 2.24) is 5.32 Å². The molecule has 0 bridgehead atoms. The second-order valence-electron chi connectivity index (χ2n) is 4.84. The van der Waals surface area contributed by atoms with Crippen LogP contribution in [0.15, 0.2) is 18.2 Å². The molecule has 1 aromatic rings. The van der Waals surface area contributed by atoms with Gasteiger partial charge in [0.2, 0.25) is 0 Å². The minimum absolute atomic E-state index is 0.0619. The van der Waals surface area contributed by atoms with Crippen molar-refractivity contribution in [3.63, 3.8) is 0 Å². The molecule has 0 aliphatic carbocycles. The number of phenolic OH excluding ortho intramolecular Hbond substituents is 1. The highest BCUT2D eigenvalue weighted by molar-refractivity contribution is 9.09. The van der Waals surface area contributed by atoms with Gasteiger partial charge < -0.3 is 10.4 Å². The summed E-state index contributed by atoms with van der Waals surface area (Å²) in [7, 11) is 0. The molecule has 2 N–H and O–H groups in total. The summed E-state index contributed by atoms with van der Waals surface area (Å²) in [4.78, 5) is 12.1. The third kappa shape index (κ3) is 5.23. The summed E-state index contributed by atoms with van der Waals surface area (Å²) in [5.41, 5.74) is 1.43. The lowest BCUT2D eigenvalue weighted by Crippen LogP contribution is -2.30. The number of aromatic hydroxyl groups is 1. The number of carbonyl (C=O) groups excluding carboxylic acids is 1. The van der Waals surface area contributed by atoms with Gasteiger partial charge in [-0.3, -0.25) is 4.79 Å². The summed E-state index contributed by atoms with van der Waals surface area (Å²) in [6.45, 7) is 4.70. The summed E-state index contributed by atoms with van der Waals surface area (Å²) < 4.78 is 0. The van der Waals surface area contributed by atoms with Gasteiger partial charge in [0.15, 0.2) is 0 Å². The van der Waals surface area contributed by atoms with Crippen molar-refractivity contribution in [3.05, 3.63) is 29.3 Å². The fourth-order valence-corrected chi connectivity index (χ4v) is 2.79. The molecular formula is C15H22BrNO2. The zero-order valence-electron chi connectivity index (χ0n) is 11.6. The fourth-order valence-electron chi connectivity index (χ4n) is 2.15. The third-order valence-corrected chi connectivity index (χ3v) is 3.68. The Hall–Kier alpha value is -1.03. The molecule has 0 saturated heterocycles. The number of hydrogen-bond acceptors (Lipinski definition) is 2. The maximum atomic E-state index is 12.1. The maximum Gasteiger partial charge on any atom is 0.251 e. The van der Waals surface area contributed by atoms with E-state index < -0.39 is 0 Å². The predicted octanol–water partition coefficient (Wildman–Crippen LogP) is 3.63. The van der Waals surface area contributed by atoms with Crippen LogP contribution in [0.1, 0.15) is 42.1 Å². The summed E-state index contributed by atoms with van der Waals surface area (Å²) in [5, 5.41) is 13.3. The van der Waals surface area contributed by atoms with Crippen molar-refractivity contribution in [1.29, 1.82) is 0 Å². The number of halogens is 1. The summed E-state index contributed by atoms with van der Waals surface area (Å²) in [6, 6.07) is 4.82. The summed E-state index contributed by atoms with van der Waals surface area (Å²) in [5.74, 6) is 0.649. The average molecular weight is 328 g/mol. The van der Waals surface area contributed by atoms with Crippen LogP contribution in [0.3, 0.4) is 0 Å². The van der Waals surface area contributed by atoms with E-state index in [9.17, 15) is 9.90 Å². The molecule has 0 spiro atoms. The standard InChI is InChI=1S/C15H22BrNO2/c1-3-4-12(7-8-16)10-17-15(19)14-6-5-13(18)9-11(14)2/h5-6,9,12,18H,3-4,7-8,10H2,1-2H3,(H,17,19). The van der Waals surface area contributed by atoms with E-state index >= 15 is 0 Å². The smallest absolute Gasteiger partial charge is 0.251 e. The molecule has 106 valence electrons. The van der Waals surface area contributed by atoms with E-state index in [1.54, 1.807) is 18.2 Å². The van der Waals surface area contributed by atoms with E-state index in [1.807, 2.05) is 6.92 Å². The number of amides is 1. The largest absolute Gasteiger partial charge is 0.508 e. The van der Waals surface area contributed by atoms with Crippen LogP contribution >= 0.6 is 15.9 Å². The number of hydrogen-bond donors (Lipinski definition) is 2. The Kier molecular flexibility index (Phi) is 6.92. The Bertz CT molecular complexity index is 415. The van der Waals surface area contributed by atoms with E-state index in [-0.39, 0.29) is 11.7 Å². The molecule has 0 aliphatic rings. The summed E-state index contributed by atoms with van der Waals surface area (Å²) >= 11 is 3.45. The maximum absolute atomic E-state index is 12.1. The Morgan fingerprint density at radius 2 is 2.16 bits per heavy atom. The lowest BCUT2D eigenvalue weighted by atomic mass is 10.0. The third-order valence-electron chi connectivity index (χ3n) is 3.22. The molecule has 1 atom stereocenters. The van der Waals surface area contributed by atoms with Gasteiger partial charge in [0.1, 0.15) is 5.75 Å². The van der Waals surface area contributed by atoms with Gasteiger partial charge in [-0.25, -0.2) is 0 Å². The Morgan fingerprint density at radius 3 is 2.74 bits per heavy atom. The zero-order chi connectivity index (χ0) is 14.3. The van der Waals surface area contributed by atoms with Crippen LogP contribution in [0.2, 0.25) is 0 Å². The van der Waals surface area contributed by atoms with Gasteiger partial charge >= 0.3 is 0 Å². The Labute approximate surface area is 123 Å². The first-order chi connectivity index (χ1) is 9.08. The highest BCUT2D eigenvalue weighted by Crippen LogP contribution is 2.16. The molecule has 1 unspecified atom stereocenters. The first kappa shape index (κ1) is 16.0. The average Bonchev–Trinajstić information content (AvgIpc) is 2.36. The highest BCUT2D eigenvalue weighted by atomic mass is 79.9. The van der Waals surface area contributed by atoms with E-state index in [1.165, 1.54) is 0 Å². The van der Waals surface area contributed by atoms with Gasteiger partial charge in [-0.1, -0.05) is 29.3 Å². The molecule has 0 fully saturated rings. The SMILES string of the molecule is CCCC(CCBr)CNC(=O)c1ccc(O)cc1C. The molecule has 0 radical (unpaired) electrons. The van der Waals surface area contributed by atoms with Crippen molar-refractivity contribution in [2.75, 3.05) is 11.9 Å². The molecule has 4 heteroatoms. The zero-order valence-corrected chi connectivity index (χ0v) is 13.2. The number of rotatable bonds is 7. The van der Waals surface area contributed by atoms with Crippen molar-refractivity contribution in [3.8, 4) is 5.75 Å². The second-order valence-corrected chi connectivity index (χ2v) is 5.63. The van der Waals surface area contributed by atoms with Crippen molar-refractivity contribution >= 4 is 21.8 Å². The predicted molar refractivity (Wildman–Crippen MR) is 82.0 cm³/mol. The number of nitrogens with one attached hydrogen (secondary N) is 1. The molecule has 1 rings (SSSR count). The van der Waals surface area contributed by atoms with Gasteiger partial charge in [0, 0.05) is 17.4 Å². The molecule has 0 saturated carbocycles. The minimum atomic E-state index is -0.0619. The molecule has 1 amide bonds. The van der Waals surface area contributed by atoms with Crippen LogP contribution in [0.4, 0.5) is 0 Å². The minimum Gasteiger partial charge on any atom is -0.508 e. The Morgan fingerprint density at radius 1 is 1.42 bits per heavy atom. The van der Waals surface area contributed by atoms with E-state index in [4.69, 9.17) is 0 Å². The van der Waals surface area contributed by atoms with Gasteiger partial charge in [0.05, 0.1) is 0 Å². The molecule has 19 heavy (non-hydrogen) atoms. The van der Waals surface area contributed by atoms with E-state index in [2.05, 4.69) is 28.2 Å². The van der Waals surface area contributed by atoms with Crippen molar-refractivity contribution in [2.24, 2.45) is 5.92 Å². The molecular weight excluding hydrogens is 306 g/mol. The highest BCUT2D eigenvalue weighted by Gasteiger charge is 2.12. The van der Waals surface area contributed by atoms with Gasteiger partial charge in [-0.05, 0) is 49.4 Å². The number of benzene rings is 1. The number of carbonyl (C=O) groups is 1. The monoisotopic (exact) mass is 327 g/mol. The first-order valence-electron chi connectivity index (χ1n) is 6.72. The normalized spacial score (nSPS) is 12.2. The first-order valence-corrected chi connectivity index (χ1v) is 7.84. The fraction of sp³-hybridized carbons (Fsp3) is 0.533. The van der Waals surface area contributed by atoms with Crippen LogP contribution < -0.4 is 5.32 Å². The van der Waals surface area contributed by atoms with Crippen LogP contribution in [0.5, 0.6) is 5.75 Å². The molecule has 3 nitrogen and oxygen atoms in total. The van der Waals surface area contributed by atoms with E-state index in [0.29, 0.717) is 18.0 Å². The van der Waals surface area contributed by atoms with Gasteiger partial charge in [0.25, 0.3) is 5.91 Å². The van der Waals surface area contributed by atoms with Crippen LogP contribution in [-0.2, 0) is 0 Å². The molecule has 0 aromatic heterocycles.